The molecule has 0 atom stereocenters. The van der Waals surface area contributed by atoms with Crippen molar-refractivity contribution in [2.45, 2.75) is 12.8 Å². The predicted molar refractivity (Wildman–Crippen MR) is 61.0 cm³/mol. The van der Waals surface area contributed by atoms with Gasteiger partial charge in [-0.2, -0.15) is 0 Å². The molecule has 1 aliphatic heterocycles. The molecule has 0 saturated heterocycles. The van der Waals surface area contributed by atoms with Crippen LogP contribution in [0.2, 0.25) is 5.15 Å². The topological polar surface area (TPSA) is 58.1 Å². The molecule has 0 saturated carbocycles. The van der Waals surface area contributed by atoms with Crippen molar-refractivity contribution in [3.8, 4) is 0 Å². The quantitative estimate of drug-likeness (QED) is 0.486. The van der Waals surface area contributed by atoms with E-state index in [0.717, 1.165) is 24.9 Å². The summed E-state index contributed by atoms with van der Waals surface area (Å²) in [5, 5.41) is 2.23. The van der Waals surface area contributed by atoms with Crippen LogP contribution in [0.25, 0.3) is 0 Å². The molecule has 2 heterocycles. The van der Waals surface area contributed by atoms with Crippen LogP contribution < -0.4 is 10.4 Å². The Labute approximate surface area is 98.1 Å². The Balaban J connectivity index is 2.29. The minimum atomic E-state index is 0.294. The second kappa shape index (κ2) is 4.49. The number of carbonyl (C=O) groups excluding carboxylic acids is 1. The Morgan fingerprint density at radius 1 is 1.62 bits per heavy atom. The number of aldehydes is 1. The van der Waals surface area contributed by atoms with Gasteiger partial charge in [0.2, 0.25) is 0 Å². The highest BCUT2D eigenvalue weighted by atomic mass is 35.5. The Morgan fingerprint density at radius 2 is 2.44 bits per heavy atom. The molecule has 2 rings (SSSR count). The normalized spacial score (nSPS) is 14.2. The number of hydrogen-bond acceptors (Lipinski definition) is 5. The summed E-state index contributed by atoms with van der Waals surface area (Å²) in [6, 6.07) is 0. The van der Waals surface area contributed by atoms with E-state index in [0.29, 0.717) is 23.0 Å². The van der Waals surface area contributed by atoms with E-state index in [-0.39, 0.29) is 0 Å². The molecule has 0 aliphatic carbocycles. The number of nitrogens with zero attached hydrogens (tertiary/aromatic N) is 3. The average Bonchev–Trinajstić information content (AvgIpc) is 2.30. The van der Waals surface area contributed by atoms with Crippen molar-refractivity contribution in [2.24, 2.45) is 0 Å². The van der Waals surface area contributed by atoms with Crippen molar-refractivity contribution in [3.05, 3.63) is 29.3 Å². The van der Waals surface area contributed by atoms with Gasteiger partial charge in [0.25, 0.3) is 0 Å². The van der Waals surface area contributed by atoms with Crippen LogP contribution in [-0.4, -0.2) is 22.8 Å². The fourth-order valence-electron chi connectivity index (χ4n) is 1.66. The van der Waals surface area contributed by atoms with Gasteiger partial charge in [-0.15, -0.1) is 0 Å². The first-order valence-electron chi connectivity index (χ1n) is 4.90. The fraction of sp³-hybridized carbons (Fsp3) is 0.300. The molecular formula is C10H11ClN4O. The highest BCUT2D eigenvalue weighted by Crippen LogP contribution is 2.27. The number of anilines is 1. The number of aromatic nitrogens is 2. The first-order chi connectivity index (χ1) is 7.72. The SMILES string of the molecule is C=C(C=O)NN1CCCc2c(Cl)ncnc21. The summed E-state index contributed by atoms with van der Waals surface area (Å²) in [4.78, 5) is 18.6. The Bertz CT molecular complexity index is 435. The number of hydrazine groups is 1. The molecule has 1 N–H and O–H groups in total. The van der Waals surface area contributed by atoms with E-state index in [9.17, 15) is 4.79 Å². The standard InChI is InChI=1S/C10H11ClN4O/c1-7(5-16)14-15-4-2-3-8-9(11)12-6-13-10(8)15/h5-6,14H,1-4H2. The molecule has 84 valence electrons. The third-order valence-corrected chi connectivity index (χ3v) is 2.68. The minimum Gasteiger partial charge on any atom is -0.296 e. The zero-order valence-electron chi connectivity index (χ0n) is 8.61. The van der Waals surface area contributed by atoms with E-state index in [1.54, 1.807) is 5.01 Å². The van der Waals surface area contributed by atoms with Crippen LogP contribution in [0.4, 0.5) is 5.82 Å². The zero-order chi connectivity index (χ0) is 11.5. The molecule has 1 aliphatic rings. The lowest BCUT2D eigenvalue weighted by molar-refractivity contribution is -0.105. The van der Waals surface area contributed by atoms with Crippen LogP contribution in [-0.2, 0) is 11.2 Å². The number of nitrogens with one attached hydrogen (secondary N) is 1. The van der Waals surface area contributed by atoms with E-state index in [2.05, 4.69) is 22.0 Å². The second-order valence-corrected chi connectivity index (χ2v) is 3.83. The molecule has 5 nitrogen and oxygen atoms in total. The number of carbonyl (C=O) groups is 1. The summed E-state index contributed by atoms with van der Waals surface area (Å²) in [6.45, 7) is 4.32. The van der Waals surface area contributed by atoms with Gasteiger partial charge in [-0.25, -0.2) is 9.97 Å². The van der Waals surface area contributed by atoms with Gasteiger partial charge in [0.15, 0.2) is 12.1 Å². The molecule has 0 bridgehead atoms. The average molecular weight is 239 g/mol. The van der Waals surface area contributed by atoms with Gasteiger partial charge >= 0.3 is 0 Å². The Hall–Kier alpha value is -1.62. The fourth-order valence-corrected chi connectivity index (χ4v) is 1.88. The highest BCUT2D eigenvalue weighted by molar-refractivity contribution is 6.30. The highest BCUT2D eigenvalue weighted by Gasteiger charge is 2.21. The summed E-state index contributed by atoms with van der Waals surface area (Å²) in [6.07, 6.45) is 3.85. The number of halogens is 1. The molecule has 0 unspecified atom stereocenters. The number of fused-ring (bicyclic) bond motifs is 1. The van der Waals surface area contributed by atoms with Gasteiger partial charge < -0.3 is 0 Å². The van der Waals surface area contributed by atoms with Crippen molar-refractivity contribution in [1.29, 1.82) is 0 Å². The third kappa shape index (κ3) is 1.99. The smallest absolute Gasteiger partial charge is 0.167 e. The van der Waals surface area contributed by atoms with Gasteiger partial charge in [-0.1, -0.05) is 18.2 Å². The molecule has 0 aromatic carbocycles. The van der Waals surface area contributed by atoms with Crippen LogP contribution in [0, 0.1) is 0 Å². The van der Waals surface area contributed by atoms with Gasteiger partial charge in [-0.3, -0.25) is 15.2 Å². The largest absolute Gasteiger partial charge is 0.296 e. The van der Waals surface area contributed by atoms with Crippen LogP contribution in [0.5, 0.6) is 0 Å². The van der Waals surface area contributed by atoms with Crippen LogP contribution >= 0.6 is 11.6 Å². The number of allylic oxidation sites excluding steroid dienone is 1. The van der Waals surface area contributed by atoms with E-state index in [1.807, 2.05) is 0 Å². The van der Waals surface area contributed by atoms with Crippen LogP contribution in [0.3, 0.4) is 0 Å². The summed E-state index contributed by atoms with van der Waals surface area (Å²) in [5.74, 6) is 0.717. The minimum absolute atomic E-state index is 0.294. The van der Waals surface area contributed by atoms with Crippen molar-refractivity contribution in [2.75, 3.05) is 11.6 Å². The lowest BCUT2D eigenvalue weighted by Crippen LogP contribution is -2.42. The second-order valence-electron chi connectivity index (χ2n) is 3.48. The summed E-state index contributed by atoms with van der Waals surface area (Å²) in [7, 11) is 0. The molecule has 6 heteroatoms. The number of hydrogen-bond donors (Lipinski definition) is 1. The summed E-state index contributed by atoms with van der Waals surface area (Å²) >= 11 is 5.98. The first-order valence-corrected chi connectivity index (χ1v) is 5.28. The maximum Gasteiger partial charge on any atom is 0.167 e. The lowest BCUT2D eigenvalue weighted by Gasteiger charge is -2.30. The molecule has 1 aromatic rings. The van der Waals surface area contributed by atoms with Crippen molar-refractivity contribution in [3.63, 3.8) is 0 Å². The zero-order valence-corrected chi connectivity index (χ0v) is 9.37. The van der Waals surface area contributed by atoms with Gasteiger partial charge in [-0.05, 0) is 12.8 Å². The molecule has 0 radical (unpaired) electrons. The summed E-state index contributed by atoms with van der Waals surface area (Å²) in [5.41, 5.74) is 4.07. The maximum absolute atomic E-state index is 10.5. The van der Waals surface area contributed by atoms with E-state index in [4.69, 9.17) is 11.6 Å². The van der Waals surface area contributed by atoms with Crippen LogP contribution in [0.1, 0.15) is 12.0 Å². The monoisotopic (exact) mass is 238 g/mol. The molecule has 0 spiro atoms. The number of rotatable bonds is 3. The van der Waals surface area contributed by atoms with Crippen molar-refractivity contribution in [1.82, 2.24) is 15.4 Å². The first kappa shape index (κ1) is 10.9. The maximum atomic E-state index is 10.5. The van der Waals surface area contributed by atoms with Crippen LogP contribution in [0.15, 0.2) is 18.6 Å². The van der Waals surface area contributed by atoms with Crippen molar-refractivity contribution < 1.29 is 4.79 Å². The molecule has 16 heavy (non-hydrogen) atoms. The molecule has 1 aromatic heterocycles. The molecular weight excluding hydrogens is 228 g/mol. The van der Waals surface area contributed by atoms with E-state index in [1.165, 1.54) is 6.33 Å². The van der Waals surface area contributed by atoms with Crippen molar-refractivity contribution >= 4 is 23.7 Å². The van der Waals surface area contributed by atoms with Gasteiger partial charge in [0.1, 0.15) is 11.5 Å². The summed E-state index contributed by atoms with van der Waals surface area (Å²) < 4.78 is 0. The van der Waals surface area contributed by atoms with Gasteiger partial charge in [0, 0.05) is 12.1 Å². The van der Waals surface area contributed by atoms with E-state index < -0.39 is 0 Å². The predicted octanol–water partition coefficient (Wildman–Crippen LogP) is 1.10. The third-order valence-electron chi connectivity index (χ3n) is 2.36. The lowest BCUT2D eigenvalue weighted by atomic mass is 10.1. The Morgan fingerprint density at radius 3 is 3.19 bits per heavy atom. The van der Waals surface area contributed by atoms with E-state index >= 15 is 0 Å². The molecule has 0 amide bonds. The molecule has 0 fully saturated rings. The van der Waals surface area contributed by atoms with Gasteiger partial charge in [0.05, 0.1) is 5.70 Å². The Kier molecular flexibility index (Phi) is 3.05.